The zero-order valence-electron chi connectivity index (χ0n) is 16.9. The summed E-state index contributed by atoms with van der Waals surface area (Å²) >= 11 is 6.04. The van der Waals surface area contributed by atoms with Crippen LogP contribution in [0.25, 0.3) is 0 Å². The van der Waals surface area contributed by atoms with Crippen LogP contribution < -0.4 is 14.8 Å². The fraction of sp³-hybridized carbons (Fsp3) is 0.435. The second kappa shape index (κ2) is 8.54. The number of carbonyl (C=O) groups excluding carboxylic acids is 1. The third kappa shape index (κ3) is 4.30. The number of halogens is 1. The normalized spacial score (nSPS) is 19.7. The summed E-state index contributed by atoms with van der Waals surface area (Å²) in [6.45, 7) is 0.731. The minimum absolute atomic E-state index is 0.0215. The zero-order valence-corrected chi connectivity index (χ0v) is 17.6. The number of nitrogens with one attached hydrogen (secondary N) is 1. The molecule has 0 bridgehead atoms. The van der Waals surface area contributed by atoms with Gasteiger partial charge in [-0.1, -0.05) is 23.7 Å². The van der Waals surface area contributed by atoms with Crippen molar-refractivity contribution in [3.05, 3.63) is 58.6 Å². The second-order valence-electron chi connectivity index (χ2n) is 7.78. The Labute approximate surface area is 176 Å². The van der Waals surface area contributed by atoms with E-state index in [-0.39, 0.29) is 18.1 Å². The maximum atomic E-state index is 13.3. The molecule has 4 rings (SSSR count). The number of carbonyl (C=O) groups is 1. The predicted octanol–water partition coefficient (Wildman–Crippen LogP) is 5.36. The van der Waals surface area contributed by atoms with Crippen molar-refractivity contribution < 1.29 is 14.3 Å². The lowest BCUT2D eigenvalue weighted by Crippen LogP contribution is -2.42. The van der Waals surface area contributed by atoms with Crippen LogP contribution in [0.15, 0.2) is 42.5 Å². The van der Waals surface area contributed by atoms with Gasteiger partial charge >= 0.3 is 6.03 Å². The first kappa shape index (κ1) is 19.9. The molecule has 0 radical (unpaired) electrons. The van der Waals surface area contributed by atoms with E-state index in [1.54, 1.807) is 14.2 Å². The van der Waals surface area contributed by atoms with Gasteiger partial charge in [-0.3, -0.25) is 0 Å². The fourth-order valence-corrected chi connectivity index (χ4v) is 4.35. The van der Waals surface area contributed by atoms with Crippen LogP contribution in [0, 0.1) is 5.92 Å². The lowest BCUT2D eigenvalue weighted by Gasteiger charge is -2.29. The first-order chi connectivity index (χ1) is 14.1. The Bertz CT molecular complexity index is 867. The van der Waals surface area contributed by atoms with Gasteiger partial charge in [-0.05, 0) is 67.5 Å². The molecule has 1 N–H and O–H groups in total. The lowest BCUT2D eigenvalue weighted by atomic mass is 10.0. The standard InChI is InChI=1S/C23H27ClN2O3/c1-28-18-11-12-21(29-2)19(14-18)20-4-3-13-26(20)23(27)25-22(15-5-6-15)16-7-9-17(24)10-8-16/h7-12,14-15,20,22H,3-6,13H2,1-2H3,(H,25,27). The second-order valence-corrected chi connectivity index (χ2v) is 8.21. The fourth-order valence-electron chi connectivity index (χ4n) is 4.22. The molecule has 29 heavy (non-hydrogen) atoms. The molecule has 1 saturated carbocycles. The highest BCUT2D eigenvalue weighted by Gasteiger charge is 2.37. The van der Waals surface area contributed by atoms with Crippen LogP contribution in [0.1, 0.15) is 48.9 Å². The number of nitrogens with zero attached hydrogens (tertiary/aromatic N) is 1. The molecule has 1 heterocycles. The van der Waals surface area contributed by atoms with Crippen molar-refractivity contribution >= 4 is 17.6 Å². The molecule has 2 aromatic rings. The minimum atomic E-state index is -0.0239. The largest absolute Gasteiger partial charge is 0.497 e. The Balaban J connectivity index is 1.55. The van der Waals surface area contributed by atoms with Gasteiger partial charge in [0.05, 0.1) is 26.3 Å². The highest BCUT2D eigenvalue weighted by molar-refractivity contribution is 6.30. The van der Waals surface area contributed by atoms with Crippen molar-refractivity contribution in [1.29, 1.82) is 0 Å². The van der Waals surface area contributed by atoms with Gasteiger partial charge in [-0.25, -0.2) is 4.79 Å². The molecule has 0 spiro atoms. The number of likely N-dealkylation sites (tertiary alicyclic amines) is 1. The summed E-state index contributed by atoms with van der Waals surface area (Å²) in [6, 6.07) is 13.5. The molecule has 2 amide bonds. The molecule has 6 heteroatoms. The average molecular weight is 415 g/mol. The monoisotopic (exact) mass is 414 g/mol. The van der Waals surface area contributed by atoms with Gasteiger partial charge in [0, 0.05) is 17.1 Å². The molecule has 0 aromatic heterocycles. The highest BCUT2D eigenvalue weighted by atomic mass is 35.5. The summed E-state index contributed by atoms with van der Waals surface area (Å²) in [4.78, 5) is 15.2. The third-order valence-electron chi connectivity index (χ3n) is 5.91. The van der Waals surface area contributed by atoms with Crippen LogP contribution in [-0.2, 0) is 0 Å². The lowest BCUT2D eigenvalue weighted by molar-refractivity contribution is 0.186. The summed E-state index contributed by atoms with van der Waals surface area (Å²) in [5.41, 5.74) is 2.11. The topological polar surface area (TPSA) is 50.8 Å². The van der Waals surface area contributed by atoms with Crippen LogP contribution in [0.5, 0.6) is 11.5 Å². The van der Waals surface area contributed by atoms with Gasteiger partial charge in [0.1, 0.15) is 11.5 Å². The van der Waals surface area contributed by atoms with Crippen molar-refractivity contribution in [3.63, 3.8) is 0 Å². The average Bonchev–Trinajstić information content (AvgIpc) is 3.47. The molecule has 2 atom stereocenters. The number of hydrogen-bond donors (Lipinski definition) is 1. The van der Waals surface area contributed by atoms with Crippen LogP contribution in [0.4, 0.5) is 4.79 Å². The number of ether oxygens (including phenoxy) is 2. The summed E-state index contributed by atoms with van der Waals surface area (Å²) in [6.07, 6.45) is 4.15. The molecule has 2 aromatic carbocycles. The SMILES string of the molecule is COc1ccc(OC)c(C2CCCN2C(=O)NC(c2ccc(Cl)cc2)C2CC2)c1. The van der Waals surface area contributed by atoms with Crippen molar-refractivity contribution in [2.45, 2.75) is 37.8 Å². The Morgan fingerprint density at radius 2 is 1.86 bits per heavy atom. The summed E-state index contributed by atoms with van der Waals surface area (Å²) in [7, 11) is 3.31. The first-order valence-electron chi connectivity index (χ1n) is 10.1. The van der Waals surface area contributed by atoms with Crippen molar-refractivity contribution in [3.8, 4) is 11.5 Å². The van der Waals surface area contributed by atoms with Gasteiger partial charge in [0.2, 0.25) is 0 Å². The Hall–Kier alpha value is -2.40. The molecule has 1 saturated heterocycles. The molecule has 5 nitrogen and oxygen atoms in total. The number of hydrogen-bond acceptors (Lipinski definition) is 3. The Morgan fingerprint density at radius 3 is 2.52 bits per heavy atom. The van der Waals surface area contributed by atoms with E-state index in [1.807, 2.05) is 47.4 Å². The number of methoxy groups -OCH3 is 2. The van der Waals surface area contributed by atoms with Crippen LogP contribution in [-0.4, -0.2) is 31.7 Å². The van der Waals surface area contributed by atoms with Gasteiger partial charge in [-0.2, -0.15) is 0 Å². The van der Waals surface area contributed by atoms with E-state index in [4.69, 9.17) is 21.1 Å². The molecule has 2 fully saturated rings. The van der Waals surface area contributed by atoms with E-state index in [9.17, 15) is 4.79 Å². The predicted molar refractivity (Wildman–Crippen MR) is 114 cm³/mol. The molecular weight excluding hydrogens is 388 g/mol. The molecule has 154 valence electrons. The van der Waals surface area contributed by atoms with Gasteiger partial charge in [0.15, 0.2) is 0 Å². The number of benzene rings is 2. The maximum Gasteiger partial charge on any atom is 0.318 e. The maximum absolute atomic E-state index is 13.3. The third-order valence-corrected chi connectivity index (χ3v) is 6.16. The zero-order chi connectivity index (χ0) is 20.4. The summed E-state index contributed by atoms with van der Waals surface area (Å²) < 4.78 is 11.0. The quantitative estimate of drug-likeness (QED) is 0.692. The van der Waals surface area contributed by atoms with E-state index in [2.05, 4.69) is 5.32 Å². The Morgan fingerprint density at radius 1 is 1.10 bits per heavy atom. The van der Waals surface area contributed by atoms with Crippen LogP contribution >= 0.6 is 11.6 Å². The number of urea groups is 1. The molecule has 1 aliphatic heterocycles. The summed E-state index contributed by atoms with van der Waals surface area (Å²) in [5, 5.41) is 4.00. The van der Waals surface area contributed by atoms with E-state index in [1.165, 1.54) is 0 Å². The molecule has 1 aliphatic carbocycles. The van der Waals surface area contributed by atoms with E-state index >= 15 is 0 Å². The van der Waals surface area contributed by atoms with Crippen molar-refractivity contribution in [1.82, 2.24) is 10.2 Å². The number of rotatable bonds is 6. The van der Waals surface area contributed by atoms with Crippen LogP contribution in [0.2, 0.25) is 5.02 Å². The van der Waals surface area contributed by atoms with E-state index in [0.717, 1.165) is 54.9 Å². The minimum Gasteiger partial charge on any atom is -0.497 e. The number of amides is 2. The molecule has 2 aliphatic rings. The van der Waals surface area contributed by atoms with Crippen molar-refractivity contribution in [2.24, 2.45) is 5.92 Å². The van der Waals surface area contributed by atoms with E-state index < -0.39 is 0 Å². The highest BCUT2D eigenvalue weighted by Crippen LogP contribution is 2.43. The van der Waals surface area contributed by atoms with Crippen molar-refractivity contribution in [2.75, 3.05) is 20.8 Å². The molecule has 2 unspecified atom stereocenters. The van der Waals surface area contributed by atoms with E-state index in [0.29, 0.717) is 10.9 Å². The van der Waals surface area contributed by atoms with Gasteiger partial charge in [0.25, 0.3) is 0 Å². The first-order valence-corrected chi connectivity index (χ1v) is 10.5. The molecular formula is C23H27ClN2O3. The van der Waals surface area contributed by atoms with Crippen LogP contribution in [0.3, 0.4) is 0 Å². The van der Waals surface area contributed by atoms with Gasteiger partial charge < -0.3 is 19.7 Å². The van der Waals surface area contributed by atoms with Gasteiger partial charge in [-0.15, -0.1) is 0 Å². The summed E-state index contributed by atoms with van der Waals surface area (Å²) in [5.74, 6) is 2.05. The Kier molecular flexibility index (Phi) is 5.86. The smallest absolute Gasteiger partial charge is 0.318 e.